The Balaban J connectivity index is 2.80. The second-order valence-electron chi connectivity index (χ2n) is 1.83. The van der Waals surface area contributed by atoms with Crippen LogP contribution in [0.1, 0.15) is 26.2 Å². The summed E-state index contributed by atoms with van der Waals surface area (Å²) in [4.78, 5) is 0. The van der Waals surface area contributed by atoms with Crippen molar-refractivity contribution in [1.29, 1.82) is 0 Å². The summed E-state index contributed by atoms with van der Waals surface area (Å²) in [6.45, 7) is 4.42. The zero-order chi connectivity index (χ0) is 6.24. The molecule has 0 aromatic carbocycles. The van der Waals surface area contributed by atoms with Crippen LogP contribution in [0.25, 0.3) is 0 Å². The first-order valence-electron chi connectivity index (χ1n) is 3.24. The molecule has 0 unspecified atom stereocenters. The maximum Gasteiger partial charge on any atom is 0.0664 e. The fraction of sp³-hybridized carbons (Fsp3) is 0.714. The van der Waals surface area contributed by atoms with E-state index in [1.54, 1.807) is 0 Å². The standard InChI is InChI=1S/C7H14Si/c1-3-4-5-6-7-8-2/h6-7H,3-5H2,1-2H3/b7-6+. The molecule has 0 atom stereocenters. The highest BCUT2D eigenvalue weighted by Gasteiger charge is 1.75. The average molecular weight is 126 g/mol. The SMILES string of the molecule is CCCC/C=C/[Si]C. The van der Waals surface area contributed by atoms with Crippen molar-refractivity contribution in [3.05, 3.63) is 11.8 Å². The summed E-state index contributed by atoms with van der Waals surface area (Å²) in [6.07, 6.45) is 6.22. The smallest absolute Gasteiger partial charge is 0.0664 e. The normalized spacial score (nSPS) is 10.8. The van der Waals surface area contributed by atoms with Crippen LogP contribution in [0, 0.1) is 0 Å². The number of unbranched alkanes of at least 4 members (excludes halogenated alkanes) is 2. The van der Waals surface area contributed by atoms with E-state index in [1.807, 2.05) is 0 Å². The van der Waals surface area contributed by atoms with Crippen LogP contribution in [0.4, 0.5) is 0 Å². The first kappa shape index (κ1) is 7.96. The minimum atomic E-state index is 0.988. The quantitative estimate of drug-likeness (QED) is 0.401. The molecule has 0 spiro atoms. The van der Waals surface area contributed by atoms with Crippen LogP contribution >= 0.6 is 0 Å². The van der Waals surface area contributed by atoms with E-state index in [0.717, 1.165) is 9.52 Å². The van der Waals surface area contributed by atoms with Gasteiger partial charge >= 0.3 is 0 Å². The number of hydrogen-bond donors (Lipinski definition) is 0. The molecule has 1 heteroatoms. The van der Waals surface area contributed by atoms with E-state index in [0.29, 0.717) is 0 Å². The van der Waals surface area contributed by atoms with Crippen LogP contribution in [0.15, 0.2) is 11.8 Å². The summed E-state index contributed by atoms with van der Waals surface area (Å²) < 4.78 is 0. The molecule has 0 saturated carbocycles. The van der Waals surface area contributed by atoms with Crippen molar-refractivity contribution in [3.63, 3.8) is 0 Å². The Hall–Kier alpha value is -0.0431. The van der Waals surface area contributed by atoms with Gasteiger partial charge in [0.15, 0.2) is 0 Å². The molecule has 0 aliphatic heterocycles. The van der Waals surface area contributed by atoms with Crippen molar-refractivity contribution in [2.75, 3.05) is 0 Å². The molecule has 0 aliphatic rings. The lowest BCUT2D eigenvalue weighted by Gasteiger charge is -1.85. The molecule has 0 aromatic heterocycles. The van der Waals surface area contributed by atoms with E-state index >= 15 is 0 Å². The first-order chi connectivity index (χ1) is 3.91. The van der Waals surface area contributed by atoms with E-state index in [1.165, 1.54) is 19.3 Å². The van der Waals surface area contributed by atoms with Crippen LogP contribution in [0.3, 0.4) is 0 Å². The van der Waals surface area contributed by atoms with Gasteiger partial charge in [0.1, 0.15) is 0 Å². The van der Waals surface area contributed by atoms with Gasteiger partial charge in [-0.05, 0) is 6.42 Å². The number of allylic oxidation sites excluding steroid dienone is 1. The highest BCUT2D eigenvalue weighted by molar-refractivity contribution is 6.40. The molecule has 0 rings (SSSR count). The minimum absolute atomic E-state index is 0.988. The molecule has 0 aliphatic carbocycles. The molecule has 0 nitrogen and oxygen atoms in total. The van der Waals surface area contributed by atoms with Crippen LogP contribution in [-0.4, -0.2) is 9.52 Å². The van der Waals surface area contributed by atoms with Gasteiger partial charge in [0, 0.05) is 0 Å². The molecule has 46 valence electrons. The molecular formula is C7H14Si. The maximum atomic E-state index is 2.28. The van der Waals surface area contributed by atoms with Gasteiger partial charge in [-0.3, -0.25) is 0 Å². The van der Waals surface area contributed by atoms with Gasteiger partial charge in [-0.1, -0.05) is 32.4 Å². The zero-order valence-corrected chi connectivity index (χ0v) is 6.78. The Labute approximate surface area is 54.8 Å². The largest absolute Gasteiger partial charge is 0.103 e. The van der Waals surface area contributed by atoms with Gasteiger partial charge in [-0.25, -0.2) is 0 Å². The van der Waals surface area contributed by atoms with Crippen molar-refractivity contribution in [3.8, 4) is 0 Å². The Kier molecular flexibility index (Phi) is 6.92. The third-order valence-electron chi connectivity index (χ3n) is 1.01. The van der Waals surface area contributed by atoms with Gasteiger partial charge in [-0.2, -0.15) is 0 Å². The molecular weight excluding hydrogens is 112 g/mol. The molecule has 0 amide bonds. The highest BCUT2D eigenvalue weighted by atomic mass is 28.2. The first-order valence-corrected chi connectivity index (χ1v) is 4.81. The highest BCUT2D eigenvalue weighted by Crippen LogP contribution is 1.93. The van der Waals surface area contributed by atoms with E-state index < -0.39 is 0 Å². The van der Waals surface area contributed by atoms with Crippen molar-refractivity contribution >= 4 is 9.52 Å². The van der Waals surface area contributed by atoms with Crippen LogP contribution in [-0.2, 0) is 0 Å². The van der Waals surface area contributed by atoms with E-state index in [4.69, 9.17) is 0 Å². The lowest BCUT2D eigenvalue weighted by atomic mass is 10.2. The van der Waals surface area contributed by atoms with Crippen LogP contribution < -0.4 is 0 Å². The predicted octanol–water partition coefficient (Wildman–Crippen LogP) is 2.44. The minimum Gasteiger partial charge on any atom is -0.103 e. The van der Waals surface area contributed by atoms with Gasteiger partial charge in [0.05, 0.1) is 9.52 Å². The second-order valence-corrected chi connectivity index (χ2v) is 2.74. The molecule has 0 bridgehead atoms. The molecule has 0 aromatic rings. The summed E-state index contributed by atoms with van der Waals surface area (Å²) in [7, 11) is 0.988. The third-order valence-corrected chi connectivity index (χ3v) is 1.58. The Morgan fingerprint density at radius 1 is 1.50 bits per heavy atom. The topological polar surface area (TPSA) is 0 Å². The van der Waals surface area contributed by atoms with Crippen molar-refractivity contribution < 1.29 is 0 Å². The third kappa shape index (κ3) is 5.96. The molecule has 0 saturated heterocycles. The van der Waals surface area contributed by atoms with Gasteiger partial charge in [0.25, 0.3) is 0 Å². The lowest BCUT2D eigenvalue weighted by Crippen LogP contribution is -1.71. The van der Waals surface area contributed by atoms with E-state index in [-0.39, 0.29) is 0 Å². The fourth-order valence-electron chi connectivity index (χ4n) is 0.523. The average Bonchev–Trinajstić information content (AvgIpc) is 1.81. The molecule has 0 fully saturated rings. The second kappa shape index (κ2) is 6.96. The number of rotatable bonds is 4. The molecule has 8 heavy (non-hydrogen) atoms. The maximum absolute atomic E-state index is 2.28. The molecule has 0 N–H and O–H groups in total. The fourth-order valence-corrected chi connectivity index (χ4v) is 0.926. The predicted molar refractivity (Wildman–Crippen MR) is 40.3 cm³/mol. The van der Waals surface area contributed by atoms with E-state index in [9.17, 15) is 0 Å². The Morgan fingerprint density at radius 2 is 2.25 bits per heavy atom. The summed E-state index contributed by atoms with van der Waals surface area (Å²) in [5.74, 6) is 0. The summed E-state index contributed by atoms with van der Waals surface area (Å²) in [5.41, 5.74) is 2.26. The van der Waals surface area contributed by atoms with Gasteiger partial charge in [0.2, 0.25) is 0 Å². The molecule has 0 heterocycles. The Morgan fingerprint density at radius 3 is 2.75 bits per heavy atom. The summed E-state index contributed by atoms with van der Waals surface area (Å²) in [5, 5.41) is 0. The van der Waals surface area contributed by atoms with Crippen molar-refractivity contribution in [1.82, 2.24) is 0 Å². The van der Waals surface area contributed by atoms with Gasteiger partial charge < -0.3 is 0 Å². The number of hydrogen-bond acceptors (Lipinski definition) is 0. The van der Waals surface area contributed by atoms with Crippen molar-refractivity contribution in [2.24, 2.45) is 0 Å². The Bertz CT molecular complexity index is 57.4. The zero-order valence-electron chi connectivity index (χ0n) is 5.78. The van der Waals surface area contributed by atoms with Gasteiger partial charge in [-0.15, -0.1) is 5.70 Å². The van der Waals surface area contributed by atoms with Crippen LogP contribution in [0.5, 0.6) is 0 Å². The summed E-state index contributed by atoms with van der Waals surface area (Å²) in [6, 6.07) is 0. The van der Waals surface area contributed by atoms with Crippen molar-refractivity contribution in [2.45, 2.75) is 32.7 Å². The monoisotopic (exact) mass is 126 g/mol. The summed E-state index contributed by atoms with van der Waals surface area (Å²) >= 11 is 0. The molecule has 2 radical (unpaired) electrons. The van der Waals surface area contributed by atoms with E-state index in [2.05, 4.69) is 25.2 Å². The van der Waals surface area contributed by atoms with Crippen LogP contribution in [0.2, 0.25) is 6.55 Å². The lowest BCUT2D eigenvalue weighted by molar-refractivity contribution is 0.815.